The van der Waals surface area contributed by atoms with E-state index in [0.29, 0.717) is 6.42 Å². The molecule has 0 atom stereocenters. The fourth-order valence-corrected chi connectivity index (χ4v) is 1.90. The number of carbonyl (C=O) groups excluding carboxylic acids is 1. The van der Waals surface area contributed by atoms with Gasteiger partial charge in [0.2, 0.25) is 0 Å². The number of rotatable bonds is 4. The summed E-state index contributed by atoms with van der Waals surface area (Å²) in [5, 5.41) is 0. The van der Waals surface area contributed by atoms with Crippen LogP contribution in [0.3, 0.4) is 0 Å². The fraction of sp³-hybridized carbons (Fsp3) is 0.188. The van der Waals surface area contributed by atoms with Gasteiger partial charge in [-0.15, -0.1) is 0 Å². The van der Waals surface area contributed by atoms with Crippen LogP contribution in [0.5, 0.6) is 0 Å². The van der Waals surface area contributed by atoms with Crippen molar-refractivity contribution >= 4 is 5.78 Å². The number of halogens is 2. The molecule has 0 radical (unpaired) electrons. The second-order valence-corrected chi connectivity index (χ2v) is 4.47. The molecule has 0 amide bonds. The van der Waals surface area contributed by atoms with Gasteiger partial charge in [0, 0.05) is 6.42 Å². The third-order valence-corrected chi connectivity index (χ3v) is 3.06. The molecular formula is C16H14F2O. The van der Waals surface area contributed by atoms with Crippen molar-refractivity contribution in [2.24, 2.45) is 0 Å². The zero-order valence-electron chi connectivity index (χ0n) is 10.6. The molecule has 0 bridgehead atoms. The topological polar surface area (TPSA) is 17.1 Å². The van der Waals surface area contributed by atoms with Gasteiger partial charge in [-0.2, -0.15) is 0 Å². The lowest BCUT2D eigenvalue weighted by molar-refractivity contribution is 0.0978. The Morgan fingerprint density at radius 3 is 2.37 bits per heavy atom. The highest BCUT2D eigenvalue weighted by molar-refractivity contribution is 5.96. The number of hydrogen-bond donors (Lipinski definition) is 0. The number of ketones is 1. The van der Waals surface area contributed by atoms with Crippen LogP contribution in [0.4, 0.5) is 8.78 Å². The quantitative estimate of drug-likeness (QED) is 0.757. The van der Waals surface area contributed by atoms with Gasteiger partial charge in [-0.05, 0) is 30.5 Å². The maximum absolute atomic E-state index is 13.6. The van der Waals surface area contributed by atoms with E-state index in [9.17, 15) is 13.6 Å². The van der Waals surface area contributed by atoms with E-state index < -0.39 is 11.6 Å². The van der Waals surface area contributed by atoms with Crippen LogP contribution < -0.4 is 0 Å². The van der Waals surface area contributed by atoms with Crippen molar-refractivity contribution in [2.45, 2.75) is 19.8 Å². The summed E-state index contributed by atoms with van der Waals surface area (Å²) in [5.41, 5.74) is 1.04. The summed E-state index contributed by atoms with van der Waals surface area (Å²) >= 11 is 0. The van der Waals surface area contributed by atoms with Crippen molar-refractivity contribution in [3.05, 3.63) is 70.8 Å². The van der Waals surface area contributed by atoms with E-state index in [0.717, 1.165) is 5.56 Å². The first-order chi connectivity index (χ1) is 9.09. The van der Waals surface area contributed by atoms with Crippen molar-refractivity contribution in [1.29, 1.82) is 0 Å². The van der Waals surface area contributed by atoms with Crippen LogP contribution in [0.25, 0.3) is 0 Å². The van der Waals surface area contributed by atoms with Crippen LogP contribution in [-0.2, 0) is 6.42 Å². The molecule has 0 heterocycles. The largest absolute Gasteiger partial charge is 0.294 e. The normalized spacial score (nSPS) is 10.5. The third-order valence-electron chi connectivity index (χ3n) is 3.06. The Labute approximate surface area is 110 Å². The average molecular weight is 260 g/mol. The lowest BCUT2D eigenvalue weighted by atomic mass is 10.0. The second-order valence-electron chi connectivity index (χ2n) is 4.47. The molecule has 1 nitrogen and oxygen atoms in total. The molecule has 0 saturated carbocycles. The van der Waals surface area contributed by atoms with E-state index in [-0.39, 0.29) is 23.3 Å². The van der Waals surface area contributed by atoms with Crippen LogP contribution in [0.2, 0.25) is 0 Å². The van der Waals surface area contributed by atoms with Crippen molar-refractivity contribution in [3.8, 4) is 0 Å². The van der Waals surface area contributed by atoms with Gasteiger partial charge in [-0.1, -0.05) is 36.4 Å². The van der Waals surface area contributed by atoms with E-state index in [2.05, 4.69) is 0 Å². The Balaban J connectivity index is 2.11. The Hall–Kier alpha value is -2.03. The van der Waals surface area contributed by atoms with Crippen LogP contribution in [0.1, 0.15) is 27.9 Å². The van der Waals surface area contributed by atoms with Crippen molar-refractivity contribution in [1.82, 2.24) is 0 Å². The summed E-state index contributed by atoms with van der Waals surface area (Å²) in [6, 6.07) is 12.2. The minimum Gasteiger partial charge on any atom is -0.294 e. The number of Topliss-reactive ketones (excluding diaryl/α,β-unsaturated/α-hetero) is 1. The van der Waals surface area contributed by atoms with Crippen LogP contribution >= 0.6 is 0 Å². The minimum absolute atomic E-state index is 0.168. The SMILES string of the molecule is Cc1ccc(C(=O)CCc2ccccc2)c(F)c1F. The number of benzene rings is 2. The van der Waals surface area contributed by atoms with E-state index in [4.69, 9.17) is 0 Å². The van der Waals surface area contributed by atoms with Crippen molar-refractivity contribution in [2.75, 3.05) is 0 Å². The third kappa shape index (κ3) is 3.05. The monoisotopic (exact) mass is 260 g/mol. The summed E-state index contributed by atoms with van der Waals surface area (Å²) in [7, 11) is 0. The van der Waals surface area contributed by atoms with Gasteiger partial charge in [0.25, 0.3) is 0 Å². The fourth-order valence-electron chi connectivity index (χ4n) is 1.90. The molecule has 0 unspecified atom stereocenters. The molecule has 2 rings (SSSR count). The first-order valence-electron chi connectivity index (χ1n) is 6.11. The second kappa shape index (κ2) is 5.74. The molecule has 0 aliphatic heterocycles. The van der Waals surface area contributed by atoms with Gasteiger partial charge >= 0.3 is 0 Å². The summed E-state index contributed by atoms with van der Waals surface area (Å²) in [5.74, 6) is -2.36. The lowest BCUT2D eigenvalue weighted by Gasteiger charge is -2.05. The summed E-state index contributed by atoms with van der Waals surface area (Å²) < 4.78 is 27.0. The summed E-state index contributed by atoms with van der Waals surface area (Å²) in [6.07, 6.45) is 0.693. The summed E-state index contributed by atoms with van der Waals surface area (Å²) in [6.45, 7) is 1.47. The molecule has 0 aromatic heterocycles. The summed E-state index contributed by atoms with van der Waals surface area (Å²) in [4.78, 5) is 11.9. The molecule has 0 saturated heterocycles. The number of carbonyl (C=O) groups is 1. The van der Waals surface area contributed by atoms with E-state index in [1.54, 1.807) is 0 Å². The van der Waals surface area contributed by atoms with Crippen LogP contribution in [0.15, 0.2) is 42.5 Å². The zero-order chi connectivity index (χ0) is 13.8. The van der Waals surface area contributed by atoms with Crippen molar-refractivity contribution in [3.63, 3.8) is 0 Å². The maximum atomic E-state index is 13.6. The Kier molecular flexibility index (Phi) is 4.05. The first kappa shape index (κ1) is 13.4. The number of aryl methyl sites for hydroxylation is 2. The highest BCUT2D eigenvalue weighted by Gasteiger charge is 2.16. The highest BCUT2D eigenvalue weighted by Crippen LogP contribution is 2.18. The Morgan fingerprint density at radius 1 is 1.00 bits per heavy atom. The van der Waals surface area contributed by atoms with E-state index >= 15 is 0 Å². The van der Waals surface area contributed by atoms with Gasteiger partial charge in [0.05, 0.1) is 5.56 Å². The maximum Gasteiger partial charge on any atom is 0.169 e. The highest BCUT2D eigenvalue weighted by atomic mass is 19.2. The van der Waals surface area contributed by atoms with Gasteiger partial charge in [0.1, 0.15) is 0 Å². The Morgan fingerprint density at radius 2 is 1.68 bits per heavy atom. The molecule has 2 aromatic carbocycles. The van der Waals surface area contributed by atoms with Gasteiger partial charge in [0.15, 0.2) is 17.4 Å². The van der Waals surface area contributed by atoms with Gasteiger partial charge in [-0.3, -0.25) is 4.79 Å². The molecule has 19 heavy (non-hydrogen) atoms. The molecule has 98 valence electrons. The van der Waals surface area contributed by atoms with Crippen LogP contribution in [-0.4, -0.2) is 5.78 Å². The predicted molar refractivity (Wildman–Crippen MR) is 70.2 cm³/mol. The molecule has 3 heteroatoms. The standard InChI is InChI=1S/C16H14F2O/c1-11-7-9-13(16(18)15(11)17)14(19)10-8-12-5-3-2-4-6-12/h2-7,9H,8,10H2,1H3. The molecule has 2 aromatic rings. The van der Waals surface area contributed by atoms with E-state index in [1.807, 2.05) is 30.3 Å². The lowest BCUT2D eigenvalue weighted by Crippen LogP contribution is -2.06. The van der Waals surface area contributed by atoms with Crippen LogP contribution in [0, 0.1) is 18.6 Å². The molecule has 0 aliphatic carbocycles. The molecular weight excluding hydrogens is 246 g/mol. The molecule has 0 fully saturated rings. The first-order valence-corrected chi connectivity index (χ1v) is 6.11. The zero-order valence-corrected chi connectivity index (χ0v) is 10.6. The average Bonchev–Trinajstić information content (AvgIpc) is 2.43. The van der Waals surface area contributed by atoms with E-state index in [1.165, 1.54) is 19.1 Å². The number of hydrogen-bond acceptors (Lipinski definition) is 1. The minimum atomic E-state index is -1.04. The van der Waals surface area contributed by atoms with Gasteiger partial charge in [-0.25, -0.2) is 8.78 Å². The van der Waals surface area contributed by atoms with Crippen molar-refractivity contribution < 1.29 is 13.6 Å². The molecule has 0 N–H and O–H groups in total. The molecule has 0 aliphatic rings. The Bertz CT molecular complexity index is 591. The smallest absolute Gasteiger partial charge is 0.169 e. The van der Waals surface area contributed by atoms with Gasteiger partial charge < -0.3 is 0 Å². The predicted octanol–water partition coefficient (Wildman–Crippen LogP) is 4.09. The molecule has 0 spiro atoms.